The predicted octanol–water partition coefficient (Wildman–Crippen LogP) is 3.96. The monoisotopic (exact) mass is 404 g/mol. The third-order valence-electron chi connectivity index (χ3n) is 3.47. The maximum Gasteiger partial charge on any atom is 0.277 e. The van der Waals surface area contributed by atoms with Crippen LogP contribution in [0.5, 0.6) is 11.5 Å². The molecule has 5 nitrogen and oxygen atoms in total. The van der Waals surface area contributed by atoms with E-state index in [1.807, 2.05) is 43.3 Å². The Labute approximate surface area is 156 Å². The van der Waals surface area contributed by atoms with Crippen molar-refractivity contribution in [3.05, 3.63) is 58.6 Å². The first-order chi connectivity index (χ1) is 12.1. The molecule has 132 valence electrons. The van der Waals surface area contributed by atoms with Crippen LogP contribution in [0.2, 0.25) is 0 Å². The molecule has 0 saturated carbocycles. The Morgan fingerprint density at radius 1 is 1.16 bits per heavy atom. The molecule has 1 N–H and O–H groups in total. The Kier molecular flexibility index (Phi) is 7.47. The minimum Gasteiger partial charge on any atom is -0.497 e. The number of rotatable bonds is 8. The van der Waals surface area contributed by atoms with Crippen LogP contribution in [0.25, 0.3) is 0 Å². The maximum absolute atomic E-state index is 11.8. The van der Waals surface area contributed by atoms with Gasteiger partial charge in [-0.2, -0.15) is 5.10 Å². The van der Waals surface area contributed by atoms with Crippen molar-refractivity contribution in [1.29, 1.82) is 0 Å². The summed E-state index contributed by atoms with van der Waals surface area (Å²) in [5, 5.41) is 4.11. The predicted molar refractivity (Wildman–Crippen MR) is 102 cm³/mol. The Morgan fingerprint density at radius 3 is 2.60 bits per heavy atom. The lowest BCUT2D eigenvalue weighted by Crippen LogP contribution is -2.25. The Morgan fingerprint density at radius 2 is 1.92 bits per heavy atom. The van der Waals surface area contributed by atoms with Crippen molar-refractivity contribution >= 4 is 27.5 Å². The summed E-state index contributed by atoms with van der Waals surface area (Å²) in [6.45, 7) is 1.81. The Bertz CT molecular complexity index is 730. The molecule has 0 unspecified atom stereocenters. The van der Waals surface area contributed by atoms with E-state index in [-0.39, 0.29) is 12.5 Å². The normalized spacial score (nSPS) is 11.1. The third kappa shape index (κ3) is 6.97. The zero-order valence-electron chi connectivity index (χ0n) is 14.3. The van der Waals surface area contributed by atoms with E-state index in [1.165, 1.54) is 5.56 Å². The van der Waals surface area contributed by atoms with Gasteiger partial charge in [-0.25, -0.2) is 5.43 Å². The second-order valence-corrected chi connectivity index (χ2v) is 6.39. The zero-order valence-corrected chi connectivity index (χ0v) is 15.9. The number of halogens is 1. The van der Waals surface area contributed by atoms with Crippen LogP contribution in [0.4, 0.5) is 0 Å². The number of hydrogen-bond donors (Lipinski definition) is 1. The number of nitrogens with zero attached hydrogens (tertiary/aromatic N) is 1. The largest absolute Gasteiger partial charge is 0.497 e. The molecule has 25 heavy (non-hydrogen) atoms. The van der Waals surface area contributed by atoms with Gasteiger partial charge in [0.25, 0.3) is 5.91 Å². The van der Waals surface area contributed by atoms with Crippen molar-refractivity contribution in [3.63, 3.8) is 0 Å². The molecule has 0 fully saturated rings. The fourth-order valence-corrected chi connectivity index (χ4v) is 2.45. The molecule has 2 aromatic rings. The molecular weight excluding hydrogens is 384 g/mol. The quantitative estimate of drug-likeness (QED) is 0.534. The van der Waals surface area contributed by atoms with Crippen LogP contribution in [-0.2, 0) is 11.2 Å². The number of carbonyl (C=O) groups is 1. The van der Waals surface area contributed by atoms with Gasteiger partial charge in [-0.05, 0) is 55.7 Å². The molecule has 1 amide bonds. The lowest BCUT2D eigenvalue weighted by Gasteiger charge is -2.06. The van der Waals surface area contributed by atoms with E-state index in [0.717, 1.165) is 28.8 Å². The fraction of sp³-hybridized carbons (Fsp3) is 0.263. The van der Waals surface area contributed by atoms with Gasteiger partial charge >= 0.3 is 0 Å². The number of hydrazone groups is 1. The summed E-state index contributed by atoms with van der Waals surface area (Å²) >= 11 is 3.35. The Hall–Kier alpha value is -2.34. The number of benzene rings is 2. The average Bonchev–Trinajstić information content (AvgIpc) is 2.63. The first kappa shape index (κ1) is 19.0. The molecule has 0 aromatic heterocycles. The molecule has 6 heteroatoms. The minimum atomic E-state index is -0.288. The third-order valence-corrected chi connectivity index (χ3v) is 3.97. The molecule has 0 heterocycles. The average molecular weight is 405 g/mol. The first-order valence-corrected chi connectivity index (χ1v) is 8.69. The highest BCUT2D eigenvalue weighted by Crippen LogP contribution is 2.17. The standard InChI is InChI=1S/C19H21BrN2O3/c1-14(6-7-15-8-10-17(24-2)11-9-15)21-22-19(23)13-25-18-5-3-4-16(20)12-18/h3-5,8-12H,6-7,13H2,1-2H3,(H,22,23)/b21-14-. The maximum atomic E-state index is 11.8. The van der Waals surface area contributed by atoms with Gasteiger partial charge in [0.2, 0.25) is 0 Å². The molecule has 0 aliphatic heterocycles. The smallest absolute Gasteiger partial charge is 0.277 e. The van der Waals surface area contributed by atoms with Crippen LogP contribution < -0.4 is 14.9 Å². The van der Waals surface area contributed by atoms with Crippen LogP contribution in [0, 0.1) is 0 Å². The van der Waals surface area contributed by atoms with Crippen molar-refractivity contribution in [2.45, 2.75) is 19.8 Å². The lowest BCUT2D eigenvalue weighted by atomic mass is 10.1. The molecule has 0 aliphatic rings. The highest BCUT2D eigenvalue weighted by atomic mass is 79.9. The molecule has 0 saturated heterocycles. The van der Waals surface area contributed by atoms with Crippen LogP contribution in [0.3, 0.4) is 0 Å². The first-order valence-electron chi connectivity index (χ1n) is 7.90. The minimum absolute atomic E-state index is 0.0777. The van der Waals surface area contributed by atoms with Crippen molar-refractivity contribution in [3.8, 4) is 11.5 Å². The van der Waals surface area contributed by atoms with Gasteiger partial charge in [0.1, 0.15) is 11.5 Å². The number of methoxy groups -OCH3 is 1. The van der Waals surface area contributed by atoms with Crippen molar-refractivity contribution in [1.82, 2.24) is 5.43 Å². The molecule has 0 spiro atoms. The molecule has 0 bridgehead atoms. The second-order valence-electron chi connectivity index (χ2n) is 5.48. The highest BCUT2D eigenvalue weighted by Gasteiger charge is 2.03. The molecule has 0 atom stereocenters. The van der Waals surface area contributed by atoms with Crippen molar-refractivity contribution < 1.29 is 14.3 Å². The van der Waals surface area contributed by atoms with Gasteiger partial charge in [0.15, 0.2) is 6.61 Å². The summed E-state index contributed by atoms with van der Waals surface area (Å²) in [6, 6.07) is 15.2. The van der Waals surface area contributed by atoms with Gasteiger partial charge in [-0.15, -0.1) is 0 Å². The van der Waals surface area contributed by atoms with E-state index >= 15 is 0 Å². The topological polar surface area (TPSA) is 59.9 Å². The summed E-state index contributed by atoms with van der Waals surface area (Å²) < 4.78 is 11.4. The van der Waals surface area contributed by atoms with Gasteiger partial charge in [0.05, 0.1) is 7.11 Å². The molecule has 0 radical (unpaired) electrons. The van der Waals surface area contributed by atoms with Crippen LogP contribution in [-0.4, -0.2) is 25.3 Å². The molecule has 2 aromatic carbocycles. The summed E-state index contributed by atoms with van der Waals surface area (Å²) in [7, 11) is 1.65. The van der Waals surface area contributed by atoms with Crippen LogP contribution >= 0.6 is 15.9 Å². The molecular formula is C19H21BrN2O3. The summed E-state index contributed by atoms with van der Waals surface area (Å²) in [4.78, 5) is 11.8. The zero-order chi connectivity index (χ0) is 18.1. The second kappa shape index (κ2) is 9.84. The van der Waals surface area contributed by atoms with Gasteiger partial charge in [0, 0.05) is 10.2 Å². The van der Waals surface area contributed by atoms with E-state index in [2.05, 4.69) is 26.5 Å². The number of nitrogens with one attached hydrogen (secondary N) is 1. The number of aryl methyl sites for hydroxylation is 1. The van der Waals surface area contributed by atoms with E-state index in [4.69, 9.17) is 9.47 Å². The molecule has 0 aliphatic carbocycles. The lowest BCUT2D eigenvalue weighted by molar-refractivity contribution is -0.123. The highest BCUT2D eigenvalue weighted by molar-refractivity contribution is 9.10. The van der Waals surface area contributed by atoms with Gasteiger partial charge in [-0.1, -0.05) is 34.1 Å². The van der Waals surface area contributed by atoms with Crippen LogP contribution in [0.1, 0.15) is 18.9 Å². The molecule has 2 rings (SSSR count). The fourth-order valence-electron chi connectivity index (χ4n) is 2.07. The van der Waals surface area contributed by atoms with Crippen molar-refractivity contribution in [2.24, 2.45) is 5.10 Å². The Balaban J connectivity index is 1.72. The van der Waals surface area contributed by atoms with E-state index in [9.17, 15) is 4.79 Å². The van der Waals surface area contributed by atoms with E-state index in [0.29, 0.717) is 5.75 Å². The summed E-state index contributed by atoms with van der Waals surface area (Å²) in [5.74, 6) is 1.18. The summed E-state index contributed by atoms with van der Waals surface area (Å²) in [5.41, 5.74) is 4.56. The number of amides is 1. The number of ether oxygens (including phenoxy) is 2. The van der Waals surface area contributed by atoms with Gasteiger partial charge in [-0.3, -0.25) is 4.79 Å². The van der Waals surface area contributed by atoms with Crippen molar-refractivity contribution in [2.75, 3.05) is 13.7 Å². The van der Waals surface area contributed by atoms with E-state index in [1.54, 1.807) is 19.2 Å². The van der Waals surface area contributed by atoms with E-state index < -0.39 is 0 Å². The number of hydrogen-bond acceptors (Lipinski definition) is 4. The van der Waals surface area contributed by atoms with Gasteiger partial charge < -0.3 is 9.47 Å². The number of carbonyl (C=O) groups excluding carboxylic acids is 1. The SMILES string of the molecule is COc1ccc(CC/C(C)=N\NC(=O)COc2cccc(Br)c2)cc1. The summed E-state index contributed by atoms with van der Waals surface area (Å²) in [6.07, 6.45) is 1.61. The van der Waals surface area contributed by atoms with Crippen LogP contribution in [0.15, 0.2) is 58.1 Å².